The number of ether oxygens (including phenoxy) is 2. The second-order valence-corrected chi connectivity index (χ2v) is 8.36. The molecule has 3 saturated heterocycles. The Morgan fingerprint density at radius 3 is 2.56 bits per heavy atom. The van der Waals surface area contributed by atoms with Crippen LogP contribution >= 0.6 is 0 Å². The van der Waals surface area contributed by atoms with Gasteiger partial charge >= 0.3 is 6.09 Å². The van der Waals surface area contributed by atoms with Crippen LogP contribution in [-0.4, -0.2) is 78.4 Å². The Hall–Kier alpha value is -3.91. The number of carbonyl (C=O) groups excluding carboxylic acids is 2. The van der Waals surface area contributed by atoms with E-state index < -0.39 is 17.6 Å². The molecule has 1 atom stereocenters. The Labute approximate surface area is 196 Å². The van der Waals surface area contributed by atoms with Crippen LogP contribution in [0.2, 0.25) is 0 Å². The van der Waals surface area contributed by atoms with Crippen LogP contribution in [0.15, 0.2) is 36.5 Å². The molecule has 1 unspecified atom stereocenters. The predicted molar refractivity (Wildman–Crippen MR) is 123 cm³/mol. The molecule has 5 rings (SSSR count). The molecule has 2 amide bonds. The summed E-state index contributed by atoms with van der Waals surface area (Å²) in [7, 11) is 0. The van der Waals surface area contributed by atoms with Crippen molar-refractivity contribution >= 4 is 35.1 Å². The molecule has 3 aliphatic rings. The number of anilines is 4. The average Bonchev–Trinajstić information content (AvgIpc) is 3.15. The minimum atomic E-state index is -1.83. The van der Waals surface area contributed by atoms with Gasteiger partial charge in [-0.25, -0.2) is 9.78 Å². The first-order valence-corrected chi connectivity index (χ1v) is 11.3. The monoisotopic (exact) mass is 463 g/mol. The Bertz CT molecular complexity index is 1110. The van der Waals surface area contributed by atoms with Gasteiger partial charge in [-0.1, -0.05) is 0 Å². The maximum atomic E-state index is 13.1. The summed E-state index contributed by atoms with van der Waals surface area (Å²) in [5, 5.41) is 12.8. The highest BCUT2D eigenvalue weighted by molar-refractivity contribution is 6.04. The molecule has 0 radical (unpaired) electrons. The number of hydrogen-bond donors (Lipinski definition) is 1. The van der Waals surface area contributed by atoms with Crippen molar-refractivity contribution in [1.82, 2.24) is 14.9 Å². The summed E-state index contributed by atoms with van der Waals surface area (Å²) in [6.45, 7) is 4.53. The number of aromatic nitrogens is 2. The summed E-state index contributed by atoms with van der Waals surface area (Å²) in [6, 6.07) is 11.4. The van der Waals surface area contributed by atoms with Crippen LogP contribution in [0.3, 0.4) is 0 Å². The topological polar surface area (TPSA) is 124 Å². The lowest BCUT2D eigenvalue weighted by molar-refractivity contribution is -0.129. The van der Waals surface area contributed by atoms with Gasteiger partial charge in [0.15, 0.2) is 0 Å². The van der Waals surface area contributed by atoms with Crippen molar-refractivity contribution in [3.8, 4) is 6.07 Å². The van der Waals surface area contributed by atoms with Crippen LogP contribution in [0.1, 0.15) is 12.8 Å². The number of benzene rings is 1. The highest BCUT2D eigenvalue weighted by Gasteiger charge is 2.52. The number of likely N-dealkylation sites (tertiary alicyclic amines) is 1. The minimum absolute atomic E-state index is 0.0810. The second kappa shape index (κ2) is 9.15. The summed E-state index contributed by atoms with van der Waals surface area (Å²) < 4.78 is 10.8. The van der Waals surface area contributed by atoms with Crippen molar-refractivity contribution in [3.05, 3.63) is 36.5 Å². The van der Waals surface area contributed by atoms with E-state index in [0.29, 0.717) is 24.9 Å². The first kappa shape index (κ1) is 21.9. The molecule has 34 heavy (non-hydrogen) atoms. The summed E-state index contributed by atoms with van der Waals surface area (Å²) in [5.41, 5.74) is 0.0872. The number of hydrogen-bond acceptors (Lipinski definition) is 9. The van der Waals surface area contributed by atoms with E-state index in [2.05, 4.69) is 20.2 Å². The molecule has 176 valence electrons. The molecule has 2 aromatic rings. The zero-order valence-corrected chi connectivity index (χ0v) is 18.6. The standard InChI is InChI=1S/C23H25N7O4/c24-16-23(34-22(32)29-9-1-10-29)7-11-30(20(23)31)19-6-8-25-21(27-19)26-17-2-4-18(5-3-17)28-12-14-33-15-13-28/h2-6,8H,1,7,9-15H2,(H,25,26,27). The van der Waals surface area contributed by atoms with Crippen molar-refractivity contribution in [2.45, 2.75) is 18.4 Å². The van der Waals surface area contributed by atoms with Gasteiger partial charge in [0.05, 0.1) is 13.2 Å². The number of rotatable bonds is 5. The van der Waals surface area contributed by atoms with E-state index >= 15 is 0 Å². The van der Waals surface area contributed by atoms with Crippen molar-refractivity contribution in [3.63, 3.8) is 0 Å². The molecule has 0 saturated carbocycles. The highest BCUT2D eigenvalue weighted by Crippen LogP contribution is 2.31. The third-order valence-corrected chi connectivity index (χ3v) is 6.25. The summed E-state index contributed by atoms with van der Waals surface area (Å²) in [6.07, 6.45) is 1.88. The zero-order chi connectivity index (χ0) is 23.5. The van der Waals surface area contributed by atoms with E-state index in [1.165, 1.54) is 9.80 Å². The maximum absolute atomic E-state index is 13.1. The van der Waals surface area contributed by atoms with Crippen LogP contribution in [0.4, 0.5) is 27.9 Å². The van der Waals surface area contributed by atoms with Crippen LogP contribution in [0.25, 0.3) is 0 Å². The lowest BCUT2D eigenvalue weighted by Crippen LogP contribution is -2.49. The Kier molecular flexibility index (Phi) is 5.90. The van der Waals surface area contributed by atoms with Crippen molar-refractivity contribution in [2.24, 2.45) is 0 Å². The van der Waals surface area contributed by atoms with Crippen molar-refractivity contribution < 1.29 is 19.1 Å². The van der Waals surface area contributed by atoms with E-state index in [9.17, 15) is 14.9 Å². The lowest BCUT2D eigenvalue weighted by Gasteiger charge is -2.32. The Morgan fingerprint density at radius 1 is 1.12 bits per heavy atom. The van der Waals surface area contributed by atoms with E-state index in [1.807, 2.05) is 30.3 Å². The number of nitriles is 1. The smallest absolute Gasteiger partial charge is 0.411 e. The number of nitrogens with one attached hydrogen (secondary N) is 1. The van der Waals surface area contributed by atoms with E-state index in [-0.39, 0.29) is 13.0 Å². The summed E-state index contributed by atoms with van der Waals surface area (Å²) >= 11 is 0. The molecule has 1 aromatic heterocycles. The van der Waals surface area contributed by atoms with Gasteiger partial charge < -0.3 is 24.6 Å². The fraction of sp³-hybridized carbons (Fsp3) is 0.435. The number of nitrogens with zero attached hydrogens (tertiary/aromatic N) is 6. The van der Waals surface area contributed by atoms with Crippen molar-refractivity contribution in [1.29, 1.82) is 5.26 Å². The molecule has 1 aromatic carbocycles. The first-order chi connectivity index (χ1) is 16.6. The minimum Gasteiger partial charge on any atom is -0.417 e. The zero-order valence-electron chi connectivity index (χ0n) is 18.6. The van der Waals surface area contributed by atoms with Gasteiger partial charge in [-0.3, -0.25) is 9.69 Å². The first-order valence-electron chi connectivity index (χ1n) is 11.3. The predicted octanol–water partition coefficient (Wildman–Crippen LogP) is 1.90. The van der Waals surface area contributed by atoms with Gasteiger partial charge in [-0.2, -0.15) is 10.2 Å². The highest BCUT2D eigenvalue weighted by atomic mass is 16.6. The fourth-order valence-corrected chi connectivity index (χ4v) is 4.11. The molecule has 0 bridgehead atoms. The van der Waals surface area contributed by atoms with Gasteiger partial charge in [0.25, 0.3) is 11.5 Å². The normalized spacial score (nSPS) is 22.2. The molecule has 11 nitrogen and oxygen atoms in total. The van der Waals surface area contributed by atoms with E-state index in [1.54, 1.807) is 12.3 Å². The lowest BCUT2D eigenvalue weighted by atomic mass is 10.0. The third kappa shape index (κ3) is 4.20. The van der Waals surface area contributed by atoms with Crippen LogP contribution in [0.5, 0.6) is 0 Å². The summed E-state index contributed by atoms with van der Waals surface area (Å²) in [4.78, 5) is 39.1. The average molecular weight is 463 g/mol. The molecule has 0 spiro atoms. The molecule has 3 aliphatic heterocycles. The van der Waals surface area contributed by atoms with Gasteiger partial charge in [0, 0.05) is 56.7 Å². The molecular weight excluding hydrogens is 438 g/mol. The molecule has 3 fully saturated rings. The molecular formula is C23H25N7O4. The van der Waals surface area contributed by atoms with Gasteiger partial charge in [-0.05, 0) is 36.8 Å². The fourth-order valence-electron chi connectivity index (χ4n) is 4.11. The number of carbonyl (C=O) groups is 2. The Balaban J connectivity index is 1.27. The van der Waals surface area contributed by atoms with Crippen LogP contribution in [-0.2, 0) is 14.3 Å². The molecule has 4 heterocycles. The molecule has 11 heteroatoms. The Morgan fingerprint density at radius 2 is 1.88 bits per heavy atom. The van der Waals surface area contributed by atoms with Gasteiger partial charge in [0.1, 0.15) is 11.9 Å². The molecule has 1 N–H and O–H groups in total. The number of amides is 2. The van der Waals surface area contributed by atoms with Crippen molar-refractivity contribution in [2.75, 3.05) is 61.1 Å². The maximum Gasteiger partial charge on any atom is 0.411 e. The van der Waals surface area contributed by atoms with Gasteiger partial charge in [0.2, 0.25) is 5.95 Å². The van der Waals surface area contributed by atoms with Gasteiger partial charge in [-0.15, -0.1) is 0 Å². The second-order valence-electron chi connectivity index (χ2n) is 8.36. The molecule has 0 aliphatic carbocycles. The SMILES string of the molecule is N#CC1(OC(=O)N2CCC2)CCN(c2ccnc(Nc3ccc(N4CCOCC4)cc3)n2)C1=O. The van der Waals surface area contributed by atoms with E-state index in [0.717, 1.165) is 44.1 Å². The quantitative estimate of drug-likeness (QED) is 0.708. The van der Waals surface area contributed by atoms with Crippen LogP contribution in [0, 0.1) is 11.3 Å². The third-order valence-electron chi connectivity index (χ3n) is 6.25. The number of morpholine rings is 1. The largest absolute Gasteiger partial charge is 0.417 e. The van der Waals surface area contributed by atoms with Crippen LogP contribution < -0.4 is 15.1 Å². The summed E-state index contributed by atoms with van der Waals surface area (Å²) in [5.74, 6) is 0.0596. The van der Waals surface area contributed by atoms with E-state index in [4.69, 9.17) is 9.47 Å².